The molecule has 230 valence electrons. The van der Waals surface area contributed by atoms with Gasteiger partial charge >= 0.3 is 0 Å². The molecule has 11 heteroatoms. The van der Waals surface area contributed by atoms with Crippen LogP contribution in [0.5, 0.6) is 0 Å². The number of benzene rings is 2. The Morgan fingerprint density at radius 3 is 2.33 bits per heavy atom. The lowest BCUT2D eigenvalue weighted by Gasteiger charge is -2.27. The van der Waals surface area contributed by atoms with Crippen molar-refractivity contribution in [3.63, 3.8) is 0 Å². The third kappa shape index (κ3) is 9.84. The van der Waals surface area contributed by atoms with Crippen LogP contribution in [0.15, 0.2) is 53.4 Å². The van der Waals surface area contributed by atoms with Gasteiger partial charge in [-0.2, -0.15) is 12.6 Å². The molecule has 3 rings (SSSR count). The molecule has 1 aliphatic rings. The molecule has 0 spiro atoms. The molecular formula is C31H43N3O6S2. The summed E-state index contributed by atoms with van der Waals surface area (Å²) in [6.45, 7) is 4.25. The average Bonchev–Trinajstić information content (AvgIpc) is 2.98. The van der Waals surface area contributed by atoms with Gasteiger partial charge in [-0.15, -0.1) is 0 Å². The Morgan fingerprint density at radius 2 is 1.69 bits per heavy atom. The van der Waals surface area contributed by atoms with Gasteiger partial charge in [0.2, 0.25) is 11.8 Å². The van der Waals surface area contributed by atoms with E-state index >= 15 is 0 Å². The number of hydrogen-bond donors (Lipinski definition) is 4. The third-order valence-electron chi connectivity index (χ3n) is 7.56. The number of nitrogens with zero attached hydrogens (tertiary/aromatic N) is 1. The molecule has 0 aliphatic heterocycles. The smallest absolute Gasteiger partial charge is 0.264 e. The van der Waals surface area contributed by atoms with E-state index in [4.69, 9.17) is 12.6 Å². The Balaban J connectivity index is 1.65. The Kier molecular flexibility index (Phi) is 12.9. The number of amides is 3. The zero-order valence-corrected chi connectivity index (χ0v) is 26.1. The summed E-state index contributed by atoms with van der Waals surface area (Å²) >= 11 is 4.72. The van der Waals surface area contributed by atoms with Crippen LogP contribution >= 0.6 is 12.6 Å². The van der Waals surface area contributed by atoms with Gasteiger partial charge in [-0.05, 0) is 49.3 Å². The fourth-order valence-corrected chi connectivity index (χ4v) is 6.78. The van der Waals surface area contributed by atoms with E-state index in [1.165, 1.54) is 32.3 Å². The second-order valence-corrected chi connectivity index (χ2v) is 13.2. The molecule has 2 aromatic carbocycles. The molecule has 0 aromatic heterocycles. The van der Waals surface area contributed by atoms with Crippen molar-refractivity contribution in [1.82, 2.24) is 14.9 Å². The first-order chi connectivity index (χ1) is 20.0. The van der Waals surface area contributed by atoms with E-state index in [0.29, 0.717) is 43.0 Å². The van der Waals surface area contributed by atoms with Crippen LogP contribution in [0.2, 0.25) is 0 Å². The first kappa shape index (κ1) is 33.6. The standard InChI is InChI=1S/C31H43N3O6S2/c1-3-9-30(37)34(19-18-29(36)32-20-27(41)25-10-5-4-6-11-25)21-23-14-16-24(17-15-23)26-12-7-8-13-28(26)42(39,40)33-31(38)22(2)35/h7-8,12-17,22,25,27,35,41H,3-6,9-11,18-21H2,1-2H3,(H,32,36)(H,33,38)/t22-,27-/m0/s1. The highest BCUT2D eigenvalue weighted by molar-refractivity contribution is 7.90. The van der Waals surface area contributed by atoms with E-state index in [1.54, 1.807) is 35.2 Å². The lowest BCUT2D eigenvalue weighted by Crippen LogP contribution is -2.37. The Bertz CT molecular complexity index is 1310. The molecule has 1 fully saturated rings. The molecule has 0 bridgehead atoms. The highest BCUT2D eigenvalue weighted by Crippen LogP contribution is 2.29. The third-order valence-corrected chi connectivity index (χ3v) is 9.57. The van der Waals surface area contributed by atoms with Crippen LogP contribution in [0, 0.1) is 5.92 Å². The van der Waals surface area contributed by atoms with E-state index in [0.717, 1.165) is 18.4 Å². The minimum absolute atomic E-state index is 0.0334. The highest BCUT2D eigenvalue weighted by Gasteiger charge is 2.24. The van der Waals surface area contributed by atoms with Gasteiger partial charge in [-0.1, -0.05) is 68.7 Å². The van der Waals surface area contributed by atoms with Crippen molar-refractivity contribution >= 4 is 40.4 Å². The summed E-state index contributed by atoms with van der Waals surface area (Å²) in [7, 11) is -4.22. The van der Waals surface area contributed by atoms with Gasteiger partial charge in [0, 0.05) is 43.3 Å². The van der Waals surface area contributed by atoms with Crippen LogP contribution in [0.25, 0.3) is 11.1 Å². The van der Waals surface area contributed by atoms with Gasteiger partial charge in [-0.3, -0.25) is 14.4 Å². The monoisotopic (exact) mass is 617 g/mol. The molecule has 2 aromatic rings. The number of hydrogen-bond acceptors (Lipinski definition) is 7. The SMILES string of the molecule is CCCC(=O)N(CCC(=O)NC[C@H](S)C1CCCCC1)Cc1ccc(-c2ccccc2S(=O)(=O)NC(=O)[C@H](C)O)cc1. The van der Waals surface area contributed by atoms with Crippen molar-refractivity contribution in [1.29, 1.82) is 0 Å². The van der Waals surface area contributed by atoms with Crippen LogP contribution in [0.4, 0.5) is 0 Å². The summed E-state index contributed by atoms with van der Waals surface area (Å²) in [6.07, 6.45) is 5.82. The average molecular weight is 618 g/mol. The molecule has 0 saturated heterocycles. The van der Waals surface area contributed by atoms with Crippen molar-refractivity contribution in [2.24, 2.45) is 5.92 Å². The molecule has 1 aliphatic carbocycles. The molecule has 0 heterocycles. The summed E-state index contributed by atoms with van der Waals surface area (Å²) in [4.78, 5) is 38.9. The minimum atomic E-state index is -4.22. The van der Waals surface area contributed by atoms with E-state index in [1.807, 2.05) is 23.8 Å². The van der Waals surface area contributed by atoms with Crippen molar-refractivity contribution in [3.05, 3.63) is 54.1 Å². The number of thiol groups is 1. The number of aliphatic hydroxyl groups excluding tert-OH is 1. The Labute approximate surface area is 254 Å². The number of nitrogens with one attached hydrogen (secondary N) is 2. The van der Waals surface area contributed by atoms with Gasteiger partial charge in [0.1, 0.15) is 6.10 Å². The molecule has 9 nitrogen and oxygen atoms in total. The Morgan fingerprint density at radius 1 is 1.02 bits per heavy atom. The van der Waals surface area contributed by atoms with Gasteiger partial charge in [0.25, 0.3) is 15.9 Å². The van der Waals surface area contributed by atoms with E-state index in [2.05, 4.69) is 5.32 Å². The van der Waals surface area contributed by atoms with Gasteiger partial charge < -0.3 is 15.3 Å². The second-order valence-electron chi connectivity index (χ2n) is 10.9. The summed E-state index contributed by atoms with van der Waals surface area (Å²) in [5, 5.41) is 12.6. The Hall–Kier alpha value is -2.89. The van der Waals surface area contributed by atoms with Crippen LogP contribution < -0.4 is 10.0 Å². The zero-order valence-electron chi connectivity index (χ0n) is 24.4. The van der Waals surface area contributed by atoms with Crippen LogP contribution in [0.3, 0.4) is 0 Å². The van der Waals surface area contributed by atoms with E-state index in [-0.39, 0.29) is 34.9 Å². The van der Waals surface area contributed by atoms with Crippen LogP contribution in [0.1, 0.15) is 70.8 Å². The largest absolute Gasteiger partial charge is 0.384 e. The molecule has 1 saturated carbocycles. The van der Waals surface area contributed by atoms with Crippen LogP contribution in [-0.2, 0) is 31.0 Å². The predicted molar refractivity (Wildman–Crippen MR) is 166 cm³/mol. The van der Waals surface area contributed by atoms with Crippen LogP contribution in [-0.4, -0.2) is 60.6 Å². The second kappa shape index (κ2) is 16.1. The molecule has 0 unspecified atom stereocenters. The summed E-state index contributed by atoms with van der Waals surface area (Å²) in [5.74, 6) is -0.618. The van der Waals surface area contributed by atoms with Crippen molar-refractivity contribution in [3.8, 4) is 11.1 Å². The van der Waals surface area contributed by atoms with Gasteiger partial charge in [-0.25, -0.2) is 13.1 Å². The highest BCUT2D eigenvalue weighted by atomic mass is 32.2. The van der Waals surface area contributed by atoms with Crippen molar-refractivity contribution in [2.45, 2.75) is 88.0 Å². The number of carbonyl (C=O) groups is 3. The molecule has 3 N–H and O–H groups in total. The number of sulfonamides is 1. The first-order valence-electron chi connectivity index (χ1n) is 14.7. The van der Waals surface area contributed by atoms with E-state index in [9.17, 15) is 27.9 Å². The number of rotatable bonds is 14. The van der Waals surface area contributed by atoms with Gasteiger partial charge in [0.05, 0.1) is 4.90 Å². The molecule has 42 heavy (non-hydrogen) atoms. The lowest BCUT2D eigenvalue weighted by atomic mass is 9.86. The summed E-state index contributed by atoms with van der Waals surface area (Å²) in [5.41, 5.74) is 1.83. The van der Waals surface area contributed by atoms with Crippen molar-refractivity contribution in [2.75, 3.05) is 13.1 Å². The zero-order chi connectivity index (χ0) is 30.7. The molecular weight excluding hydrogens is 574 g/mol. The fraction of sp³-hybridized carbons (Fsp3) is 0.516. The maximum atomic E-state index is 12.9. The molecule has 3 amide bonds. The molecule has 0 radical (unpaired) electrons. The normalized spacial score (nSPS) is 15.4. The maximum Gasteiger partial charge on any atom is 0.264 e. The maximum absolute atomic E-state index is 12.9. The quantitative estimate of drug-likeness (QED) is 0.237. The number of aliphatic hydroxyl groups is 1. The van der Waals surface area contributed by atoms with Gasteiger partial charge in [0.15, 0.2) is 0 Å². The predicted octanol–water partition coefficient (Wildman–Crippen LogP) is 4.05. The van der Waals surface area contributed by atoms with Crippen molar-refractivity contribution < 1.29 is 27.9 Å². The first-order valence-corrected chi connectivity index (χ1v) is 16.7. The fourth-order valence-electron chi connectivity index (χ4n) is 5.12. The summed E-state index contributed by atoms with van der Waals surface area (Å²) < 4.78 is 27.6. The topological polar surface area (TPSA) is 133 Å². The minimum Gasteiger partial charge on any atom is -0.384 e. The van der Waals surface area contributed by atoms with E-state index < -0.39 is 22.0 Å². The lowest BCUT2D eigenvalue weighted by molar-refractivity contribution is -0.132. The summed E-state index contributed by atoms with van der Waals surface area (Å²) in [6, 6.07) is 13.4. The molecule has 2 atom stereocenters. The number of carbonyl (C=O) groups excluding carboxylic acids is 3.